The number of esters is 1. The average molecular weight is 808 g/mol. The lowest BCUT2D eigenvalue weighted by molar-refractivity contribution is -0.372. The van der Waals surface area contributed by atoms with Crippen molar-refractivity contribution in [2.24, 2.45) is 11.7 Å². The highest BCUT2D eigenvalue weighted by molar-refractivity contribution is 5.90. The number of carboxylic acid groups (broad SMARTS) is 1. The first-order chi connectivity index (χ1) is 28.0. The van der Waals surface area contributed by atoms with E-state index < -0.39 is 74.0 Å². The summed E-state index contributed by atoms with van der Waals surface area (Å²) in [5.41, 5.74) is 9.39. The van der Waals surface area contributed by atoms with E-state index in [4.69, 9.17) is 58.5 Å². The second kappa shape index (κ2) is 16.5. The number of hydrogen-bond donors (Lipinski definition) is 5. The highest BCUT2D eigenvalue weighted by Gasteiger charge is 2.51. The molecule has 0 spiro atoms. The van der Waals surface area contributed by atoms with E-state index in [2.05, 4.69) is 13.8 Å². The zero-order valence-electron chi connectivity index (χ0n) is 31.7. The quantitative estimate of drug-likeness (QED) is 0.106. The van der Waals surface area contributed by atoms with Crippen LogP contribution in [-0.2, 0) is 39.8 Å². The Morgan fingerprint density at radius 1 is 0.983 bits per heavy atom. The molecule has 3 aromatic carbocycles. The molecular weight excluding hydrogens is 762 g/mol. The van der Waals surface area contributed by atoms with E-state index in [1.54, 1.807) is 30.3 Å². The zero-order chi connectivity index (χ0) is 40.7. The van der Waals surface area contributed by atoms with Crippen molar-refractivity contribution in [1.29, 1.82) is 0 Å². The number of nitrogens with two attached hydrogens (primary N) is 1. The molecule has 0 saturated carbocycles. The lowest BCUT2D eigenvalue weighted by atomic mass is 9.84. The van der Waals surface area contributed by atoms with Gasteiger partial charge in [0.1, 0.15) is 55.2 Å². The summed E-state index contributed by atoms with van der Waals surface area (Å²) in [6.45, 7) is 3.77. The molecule has 3 aromatic rings. The van der Waals surface area contributed by atoms with Gasteiger partial charge in [0.15, 0.2) is 35.7 Å². The Balaban J connectivity index is 1.16. The van der Waals surface area contributed by atoms with Crippen molar-refractivity contribution in [2.45, 2.75) is 81.6 Å². The van der Waals surface area contributed by atoms with Crippen molar-refractivity contribution in [3.05, 3.63) is 82.6 Å². The maximum absolute atomic E-state index is 12.1. The van der Waals surface area contributed by atoms with Gasteiger partial charge in [-0.1, -0.05) is 26.0 Å². The zero-order valence-corrected chi connectivity index (χ0v) is 31.7. The minimum Gasteiger partial charge on any atom is -0.508 e. The third-order valence-electron chi connectivity index (χ3n) is 10.5. The number of aliphatic hydroxyl groups excluding tert-OH is 2. The molecule has 5 aliphatic rings. The summed E-state index contributed by atoms with van der Waals surface area (Å²) in [7, 11) is 0. The molecule has 17 nitrogen and oxygen atoms in total. The molecule has 0 aromatic heterocycles. The van der Waals surface area contributed by atoms with Gasteiger partial charge in [-0.25, -0.2) is 0 Å². The van der Waals surface area contributed by atoms with Gasteiger partial charge < -0.3 is 68.9 Å². The van der Waals surface area contributed by atoms with Gasteiger partial charge in [-0.2, -0.15) is 4.89 Å². The molecule has 6 N–H and O–H groups in total. The van der Waals surface area contributed by atoms with Crippen molar-refractivity contribution in [3.8, 4) is 34.5 Å². The molecule has 9 atom stereocenters. The van der Waals surface area contributed by atoms with E-state index >= 15 is 0 Å². The van der Waals surface area contributed by atoms with Crippen molar-refractivity contribution in [3.63, 3.8) is 0 Å². The Hall–Kier alpha value is -5.30. The van der Waals surface area contributed by atoms with E-state index in [1.807, 2.05) is 18.2 Å². The lowest BCUT2D eigenvalue weighted by Gasteiger charge is -2.42. The molecule has 5 aliphatic heterocycles. The van der Waals surface area contributed by atoms with Gasteiger partial charge in [-0.15, -0.1) is 0 Å². The van der Waals surface area contributed by atoms with Crippen LogP contribution < -0.4 is 29.6 Å². The molecule has 310 valence electrons. The van der Waals surface area contributed by atoms with Gasteiger partial charge in [-0.05, 0) is 54.3 Å². The van der Waals surface area contributed by atoms with Crippen molar-refractivity contribution >= 4 is 11.9 Å². The van der Waals surface area contributed by atoms with E-state index in [0.717, 1.165) is 11.1 Å². The van der Waals surface area contributed by atoms with Gasteiger partial charge in [0.2, 0.25) is 0 Å². The Labute approximate surface area is 332 Å². The van der Waals surface area contributed by atoms with E-state index in [-0.39, 0.29) is 49.7 Å². The van der Waals surface area contributed by atoms with Crippen molar-refractivity contribution < 1.29 is 77.7 Å². The number of benzene rings is 3. The van der Waals surface area contributed by atoms with Crippen LogP contribution in [0.15, 0.2) is 54.8 Å². The second-order valence-corrected chi connectivity index (χ2v) is 15.0. The molecule has 58 heavy (non-hydrogen) atoms. The maximum Gasteiger partial charge on any atom is 0.317 e. The summed E-state index contributed by atoms with van der Waals surface area (Å²) in [4.78, 5) is 35.4. The molecule has 0 radical (unpaired) electrons. The monoisotopic (exact) mass is 807 g/mol. The number of rotatable bonds is 11. The highest BCUT2D eigenvalue weighted by atomic mass is 17.2. The molecule has 0 bridgehead atoms. The first-order valence-corrected chi connectivity index (χ1v) is 19.1. The molecule has 8 rings (SSSR count). The number of aromatic hydroxyl groups is 1. The first-order valence-electron chi connectivity index (χ1n) is 19.1. The number of ether oxygens (including phenoxy) is 8. The number of aliphatic carboxylic acids is 1. The number of allylic oxidation sites excluding steroid dienone is 1. The Morgan fingerprint density at radius 2 is 1.79 bits per heavy atom. The van der Waals surface area contributed by atoms with Crippen LogP contribution in [0.2, 0.25) is 0 Å². The van der Waals surface area contributed by atoms with Crippen molar-refractivity contribution in [2.75, 3.05) is 33.0 Å². The maximum atomic E-state index is 12.1. The summed E-state index contributed by atoms with van der Waals surface area (Å²) in [5.74, 6) is -0.430. The number of carbonyl (C=O) groups excluding carboxylic acids is 1. The molecular formula is C41H45NO16. The van der Waals surface area contributed by atoms with Gasteiger partial charge >= 0.3 is 11.9 Å². The predicted molar refractivity (Wildman–Crippen MR) is 198 cm³/mol. The standard InChI is InChI=1S/C41H45NO16/c1-19(2)10-26-36-24(13-30-38(26)55-34(16-43)53-30)27-17-51-28-12-23-22(20-4-3-5-21(44)11-20)6-8-49-39-35(48)31(18-52-33(47)15-32(45)46)54-41(50-9-7-42)40(39)58-57-29(23)14-25(28)37(27)56-36/h3-6,8,11-14,19,22,27,31,34-35,37,39-41,43-44,48H,7,9-10,15-18,42H2,1-2H3,(H,45,46). The molecule has 0 amide bonds. The minimum absolute atomic E-state index is 0.00956. The number of carboxylic acids is 1. The normalized spacial score (nSPS) is 27.7. The second-order valence-electron chi connectivity index (χ2n) is 15.0. The summed E-state index contributed by atoms with van der Waals surface area (Å²) in [6.07, 6.45) is -4.88. The first kappa shape index (κ1) is 39.5. The van der Waals surface area contributed by atoms with Crippen LogP contribution in [0, 0.1) is 5.92 Å². The number of hydrogen-bond acceptors (Lipinski definition) is 16. The number of aliphatic hydroxyl groups is 2. The summed E-state index contributed by atoms with van der Waals surface area (Å²) in [6, 6.07) is 12.2. The van der Waals surface area contributed by atoms with Crippen LogP contribution in [-0.4, -0.2) is 102 Å². The molecule has 17 heteroatoms. The minimum atomic E-state index is -1.49. The third kappa shape index (κ3) is 7.68. The fourth-order valence-electron chi connectivity index (χ4n) is 7.95. The molecule has 9 unspecified atom stereocenters. The van der Waals surface area contributed by atoms with Gasteiger partial charge in [0.05, 0.1) is 25.4 Å². The number of carbonyl (C=O) groups is 2. The van der Waals surface area contributed by atoms with Gasteiger partial charge in [0.25, 0.3) is 6.29 Å². The Bertz CT molecular complexity index is 2050. The molecule has 5 heterocycles. The highest BCUT2D eigenvalue weighted by Crippen LogP contribution is 2.58. The molecule has 1 saturated heterocycles. The van der Waals surface area contributed by atoms with E-state index in [0.29, 0.717) is 46.1 Å². The fraction of sp³-hybridized carbons (Fsp3) is 0.463. The Kier molecular flexibility index (Phi) is 11.3. The van der Waals surface area contributed by atoms with Gasteiger partial charge in [-0.3, -0.25) is 9.59 Å². The topological polar surface area (TPSA) is 233 Å². The SMILES string of the molecule is CC(C)Cc1c2c(cc3c1OC1c4cc5c(cc4OCC31)C(c1cccc(O)c1)C=COC1C(O)C(COC(=O)CC(=O)O)OC(OCCN)C1OO5)OC(CO)O2. The summed E-state index contributed by atoms with van der Waals surface area (Å²) < 4.78 is 48.3. The van der Waals surface area contributed by atoms with Crippen molar-refractivity contribution in [1.82, 2.24) is 0 Å². The molecule has 0 aliphatic carbocycles. The summed E-state index contributed by atoms with van der Waals surface area (Å²) in [5, 5.41) is 40.8. The van der Waals surface area contributed by atoms with Crippen LogP contribution in [0.5, 0.6) is 34.5 Å². The van der Waals surface area contributed by atoms with E-state index in [9.17, 15) is 24.9 Å². The van der Waals surface area contributed by atoms with Crippen LogP contribution >= 0.6 is 0 Å². The lowest BCUT2D eigenvalue weighted by Crippen LogP contribution is -2.61. The largest absolute Gasteiger partial charge is 0.508 e. The number of phenolic OH excluding ortho intramolecular Hbond substituents is 1. The van der Waals surface area contributed by atoms with E-state index in [1.165, 1.54) is 6.26 Å². The van der Waals surface area contributed by atoms with Crippen LogP contribution in [0.1, 0.15) is 66.0 Å². The third-order valence-corrected chi connectivity index (χ3v) is 10.5. The summed E-state index contributed by atoms with van der Waals surface area (Å²) >= 11 is 0. The predicted octanol–water partition coefficient (Wildman–Crippen LogP) is 3.09. The number of fused-ring (bicyclic) bond motifs is 8. The smallest absolute Gasteiger partial charge is 0.317 e. The number of phenols is 1. The van der Waals surface area contributed by atoms with Crippen LogP contribution in [0.25, 0.3) is 0 Å². The molecule has 1 fully saturated rings. The average Bonchev–Trinajstić information content (AvgIpc) is 3.79. The Morgan fingerprint density at radius 3 is 2.55 bits per heavy atom. The fourth-order valence-corrected chi connectivity index (χ4v) is 7.95. The van der Waals surface area contributed by atoms with Crippen LogP contribution in [0.3, 0.4) is 0 Å². The van der Waals surface area contributed by atoms with Crippen LogP contribution in [0.4, 0.5) is 0 Å². The van der Waals surface area contributed by atoms with Gasteiger partial charge in [0, 0.05) is 34.7 Å².